The first-order valence-corrected chi connectivity index (χ1v) is 4.13. The molecule has 1 N–H and O–H groups in total. The molecule has 0 spiro atoms. The van der Waals surface area contributed by atoms with E-state index in [4.69, 9.17) is 15.6 Å². The van der Waals surface area contributed by atoms with Crippen molar-refractivity contribution in [2.45, 2.75) is 6.42 Å². The SMILES string of the molecule is COC(=O)CC(/C=C(/O)OC)=C(C#N)C#N. The van der Waals surface area contributed by atoms with Gasteiger partial charge < -0.3 is 14.6 Å². The number of carbonyl (C=O) groups excluding carboxylic acids is 1. The van der Waals surface area contributed by atoms with E-state index in [1.807, 2.05) is 0 Å². The predicted octanol–water partition coefficient (Wildman–Crippen LogP) is 0.939. The molecule has 0 radical (unpaired) electrons. The molecule has 6 heteroatoms. The summed E-state index contributed by atoms with van der Waals surface area (Å²) in [6.07, 6.45) is 0.735. The number of rotatable bonds is 4. The molecule has 0 aliphatic rings. The second-order valence-corrected chi connectivity index (χ2v) is 2.56. The van der Waals surface area contributed by atoms with Crippen LogP contribution in [0.3, 0.4) is 0 Å². The lowest BCUT2D eigenvalue weighted by Gasteiger charge is -2.02. The van der Waals surface area contributed by atoms with Gasteiger partial charge >= 0.3 is 5.97 Å². The van der Waals surface area contributed by atoms with Crippen molar-refractivity contribution in [2.24, 2.45) is 0 Å². The second-order valence-electron chi connectivity index (χ2n) is 2.56. The van der Waals surface area contributed by atoms with E-state index in [9.17, 15) is 4.79 Å². The summed E-state index contributed by atoms with van der Waals surface area (Å²) >= 11 is 0. The van der Waals surface area contributed by atoms with Gasteiger partial charge in [-0.05, 0) is 5.57 Å². The van der Waals surface area contributed by atoms with E-state index in [-0.39, 0.29) is 17.6 Å². The molecule has 0 unspecified atom stereocenters. The molecule has 0 atom stereocenters. The summed E-state index contributed by atoms with van der Waals surface area (Å²) in [5.41, 5.74) is -0.245. The number of ether oxygens (including phenoxy) is 2. The van der Waals surface area contributed by atoms with Crippen LogP contribution in [-0.4, -0.2) is 25.3 Å². The molecule has 0 bridgehead atoms. The van der Waals surface area contributed by atoms with Crippen LogP contribution in [0.2, 0.25) is 0 Å². The Bertz CT molecular complexity index is 394. The van der Waals surface area contributed by atoms with E-state index in [0.717, 1.165) is 6.08 Å². The van der Waals surface area contributed by atoms with Gasteiger partial charge in [-0.2, -0.15) is 10.5 Å². The zero-order valence-corrected chi connectivity index (χ0v) is 8.85. The van der Waals surface area contributed by atoms with E-state index in [1.165, 1.54) is 14.2 Å². The maximum atomic E-state index is 11.0. The smallest absolute Gasteiger partial charge is 0.310 e. The Labute approximate surface area is 92.6 Å². The first kappa shape index (κ1) is 13.5. The highest BCUT2D eigenvalue weighted by atomic mass is 16.6. The van der Waals surface area contributed by atoms with Crippen molar-refractivity contribution < 1.29 is 19.4 Å². The molecule has 0 aromatic rings. The Kier molecular flexibility index (Phi) is 5.84. The minimum absolute atomic E-state index is 0.0381. The van der Waals surface area contributed by atoms with Gasteiger partial charge in [0.05, 0.1) is 20.6 Å². The lowest BCUT2D eigenvalue weighted by Crippen LogP contribution is -2.03. The Morgan fingerprint density at radius 3 is 2.25 bits per heavy atom. The quantitative estimate of drug-likeness (QED) is 0.328. The maximum Gasteiger partial charge on any atom is 0.310 e. The zero-order chi connectivity index (χ0) is 12.6. The number of hydrogen-bond donors (Lipinski definition) is 1. The molecule has 0 saturated heterocycles. The van der Waals surface area contributed by atoms with Crippen LogP contribution in [0, 0.1) is 22.7 Å². The fraction of sp³-hybridized carbons (Fsp3) is 0.300. The summed E-state index contributed by atoms with van der Waals surface area (Å²) in [5.74, 6) is -1.12. The third-order valence-corrected chi connectivity index (χ3v) is 1.61. The number of methoxy groups -OCH3 is 2. The molecular formula is C10H10N2O4. The van der Waals surface area contributed by atoms with Crippen LogP contribution in [0.25, 0.3) is 0 Å². The molecule has 84 valence electrons. The van der Waals surface area contributed by atoms with Crippen LogP contribution in [0.15, 0.2) is 23.2 Å². The van der Waals surface area contributed by atoms with E-state index >= 15 is 0 Å². The van der Waals surface area contributed by atoms with Crippen molar-refractivity contribution in [3.63, 3.8) is 0 Å². The summed E-state index contributed by atoms with van der Waals surface area (Å²) < 4.78 is 8.84. The summed E-state index contributed by atoms with van der Waals surface area (Å²) in [6, 6.07) is 3.22. The minimum atomic E-state index is -0.627. The standard InChI is InChI=1S/C10H10N2O4/c1-15-9(13)3-7(4-10(14)16-2)8(5-11)6-12/h3,13H,4H2,1-2H3/b9-3-. The van der Waals surface area contributed by atoms with Gasteiger partial charge in [0, 0.05) is 6.08 Å². The monoisotopic (exact) mass is 222 g/mol. The van der Waals surface area contributed by atoms with Gasteiger partial charge in [-0.15, -0.1) is 0 Å². The number of nitriles is 2. The number of esters is 1. The Hall–Kier alpha value is -2.47. The van der Waals surface area contributed by atoms with Crippen LogP contribution >= 0.6 is 0 Å². The average Bonchev–Trinajstić information content (AvgIpc) is 2.29. The zero-order valence-electron chi connectivity index (χ0n) is 8.85. The number of aliphatic hydroxyl groups is 1. The van der Waals surface area contributed by atoms with Crippen LogP contribution in [0.1, 0.15) is 6.42 Å². The van der Waals surface area contributed by atoms with Gasteiger partial charge in [0.15, 0.2) is 0 Å². The number of nitrogens with zero attached hydrogens (tertiary/aromatic N) is 2. The van der Waals surface area contributed by atoms with Crippen molar-refractivity contribution in [1.29, 1.82) is 10.5 Å². The Morgan fingerprint density at radius 2 is 1.88 bits per heavy atom. The largest absolute Gasteiger partial charge is 0.481 e. The van der Waals surface area contributed by atoms with E-state index in [0.29, 0.717) is 0 Å². The highest BCUT2D eigenvalue weighted by Gasteiger charge is 2.11. The molecule has 0 heterocycles. The third-order valence-electron chi connectivity index (χ3n) is 1.61. The Balaban J connectivity index is 5.25. The van der Waals surface area contributed by atoms with Gasteiger partial charge in [0.1, 0.15) is 17.7 Å². The molecule has 0 amide bonds. The second kappa shape index (κ2) is 6.91. The fourth-order valence-electron chi connectivity index (χ4n) is 0.816. The van der Waals surface area contributed by atoms with Crippen LogP contribution in [0.4, 0.5) is 0 Å². The molecule has 16 heavy (non-hydrogen) atoms. The maximum absolute atomic E-state index is 11.0. The molecule has 0 fully saturated rings. The van der Waals surface area contributed by atoms with Crippen molar-refractivity contribution in [1.82, 2.24) is 0 Å². The number of carbonyl (C=O) groups is 1. The van der Waals surface area contributed by atoms with Gasteiger partial charge in [-0.1, -0.05) is 0 Å². The van der Waals surface area contributed by atoms with Crippen LogP contribution in [-0.2, 0) is 14.3 Å². The van der Waals surface area contributed by atoms with Crippen molar-refractivity contribution in [3.05, 3.63) is 23.2 Å². The third kappa shape index (κ3) is 4.16. The van der Waals surface area contributed by atoms with E-state index < -0.39 is 11.9 Å². The summed E-state index contributed by atoms with van der Waals surface area (Å²) in [4.78, 5) is 11.0. The van der Waals surface area contributed by atoms with Gasteiger partial charge in [-0.25, -0.2) is 0 Å². The minimum Gasteiger partial charge on any atom is -0.481 e. The van der Waals surface area contributed by atoms with Gasteiger partial charge in [0.25, 0.3) is 5.95 Å². The van der Waals surface area contributed by atoms with Crippen molar-refractivity contribution >= 4 is 5.97 Å². The molecule has 0 aromatic heterocycles. The Morgan fingerprint density at radius 1 is 1.31 bits per heavy atom. The molecular weight excluding hydrogens is 212 g/mol. The summed E-state index contributed by atoms with van der Waals surface area (Å²) in [5, 5.41) is 26.4. The average molecular weight is 222 g/mol. The molecule has 6 nitrogen and oxygen atoms in total. The highest BCUT2D eigenvalue weighted by Crippen LogP contribution is 2.12. The number of hydrogen-bond acceptors (Lipinski definition) is 6. The molecule has 0 aromatic carbocycles. The molecule has 0 aliphatic carbocycles. The normalized spacial score (nSPS) is 9.62. The first-order chi connectivity index (χ1) is 7.58. The van der Waals surface area contributed by atoms with Gasteiger partial charge in [-0.3, -0.25) is 4.79 Å². The molecule has 0 rings (SSSR count). The van der Waals surface area contributed by atoms with Crippen LogP contribution < -0.4 is 0 Å². The van der Waals surface area contributed by atoms with Crippen molar-refractivity contribution in [2.75, 3.05) is 14.2 Å². The van der Waals surface area contributed by atoms with E-state index in [1.54, 1.807) is 12.1 Å². The fourth-order valence-corrected chi connectivity index (χ4v) is 0.816. The topological polar surface area (TPSA) is 103 Å². The number of aliphatic hydroxyl groups excluding tert-OH is 1. The first-order valence-electron chi connectivity index (χ1n) is 4.13. The number of allylic oxidation sites excluding steroid dienone is 2. The summed E-state index contributed by atoms with van der Waals surface area (Å²) in [7, 11) is 2.39. The van der Waals surface area contributed by atoms with E-state index in [2.05, 4.69) is 9.47 Å². The molecule has 0 saturated carbocycles. The lowest BCUT2D eigenvalue weighted by molar-refractivity contribution is -0.139. The molecule has 0 aliphatic heterocycles. The van der Waals surface area contributed by atoms with Gasteiger partial charge in [0.2, 0.25) is 0 Å². The highest BCUT2D eigenvalue weighted by molar-refractivity contribution is 5.74. The predicted molar refractivity (Wildman–Crippen MR) is 52.6 cm³/mol. The summed E-state index contributed by atoms with van der Waals surface area (Å²) in [6.45, 7) is 0. The lowest BCUT2D eigenvalue weighted by atomic mass is 10.1. The van der Waals surface area contributed by atoms with Crippen LogP contribution in [0.5, 0.6) is 0 Å². The van der Waals surface area contributed by atoms with Crippen molar-refractivity contribution in [3.8, 4) is 12.1 Å².